The first kappa shape index (κ1) is 24.4. The van der Waals surface area contributed by atoms with E-state index in [9.17, 15) is 9.59 Å². The topological polar surface area (TPSA) is 113 Å². The highest BCUT2D eigenvalue weighted by Gasteiger charge is 2.18. The van der Waals surface area contributed by atoms with Gasteiger partial charge in [0.05, 0.1) is 38.8 Å². The molecule has 4 aromatic rings. The summed E-state index contributed by atoms with van der Waals surface area (Å²) in [5.74, 6) is 0.845. The molecule has 0 unspecified atom stereocenters. The number of fused-ring (bicyclic) bond motifs is 1. The Balaban J connectivity index is 1.76. The summed E-state index contributed by atoms with van der Waals surface area (Å²) >= 11 is 0. The molecule has 0 saturated heterocycles. The number of benzene rings is 3. The minimum atomic E-state index is -0.626. The molecule has 0 spiro atoms. The maximum Gasteiger partial charge on any atom is 0.250 e. The van der Waals surface area contributed by atoms with Gasteiger partial charge in [0.1, 0.15) is 22.8 Å². The molecule has 3 aromatic carbocycles. The van der Waals surface area contributed by atoms with Gasteiger partial charge in [-0.3, -0.25) is 9.59 Å². The zero-order chi connectivity index (χ0) is 25.8. The van der Waals surface area contributed by atoms with Crippen LogP contribution in [0.3, 0.4) is 0 Å². The van der Waals surface area contributed by atoms with Crippen LogP contribution < -0.4 is 25.3 Å². The summed E-state index contributed by atoms with van der Waals surface area (Å²) in [4.78, 5) is 24.5. The van der Waals surface area contributed by atoms with Crippen LogP contribution in [0.1, 0.15) is 22.8 Å². The lowest BCUT2D eigenvalue weighted by Crippen LogP contribution is -2.17. The van der Waals surface area contributed by atoms with Gasteiger partial charge in [-0.05, 0) is 48.9 Å². The number of methoxy groups -OCH3 is 3. The molecule has 0 radical (unpaired) electrons. The molecule has 0 aliphatic heterocycles. The number of rotatable bonds is 8. The number of nitrogens with one attached hydrogen (secondary N) is 1. The summed E-state index contributed by atoms with van der Waals surface area (Å²) < 4.78 is 22.4. The van der Waals surface area contributed by atoms with Gasteiger partial charge in [0.25, 0.3) is 5.91 Å². The highest BCUT2D eigenvalue weighted by molar-refractivity contribution is 6.09. The number of allylic oxidation sites excluding steroid dienone is 1. The number of anilines is 1. The molecule has 36 heavy (non-hydrogen) atoms. The third-order valence-corrected chi connectivity index (χ3v) is 5.82. The first-order valence-corrected chi connectivity index (χ1v) is 11.1. The highest BCUT2D eigenvalue weighted by Crippen LogP contribution is 2.41. The van der Waals surface area contributed by atoms with E-state index < -0.39 is 11.8 Å². The summed E-state index contributed by atoms with van der Waals surface area (Å²) in [5.41, 5.74) is 9.55. The fourth-order valence-electron chi connectivity index (χ4n) is 4.02. The van der Waals surface area contributed by atoms with E-state index in [1.165, 1.54) is 6.08 Å². The quantitative estimate of drug-likeness (QED) is 0.328. The highest BCUT2D eigenvalue weighted by atomic mass is 16.5. The Hall–Kier alpha value is -4.72. The molecule has 0 saturated carbocycles. The average molecular weight is 487 g/mol. The van der Waals surface area contributed by atoms with Crippen molar-refractivity contribution in [2.24, 2.45) is 5.73 Å². The van der Waals surface area contributed by atoms with Crippen molar-refractivity contribution in [2.75, 3.05) is 26.6 Å². The lowest BCUT2D eigenvalue weighted by atomic mass is 9.98. The fraction of sp³-hybridized carbons (Fsp3) is 0.143. The number of ether oxygens (including phenoxy) is 3. The van der Waals surface area contributed by atoms with Crippen LogP contribution in [0, 0.1) is 0 Å². The van der Waals surface area contributed by atoms with E-state index in [-0.39, 0.29) is 5.56 Å². The molecule has 1 aromatic heterocycles. The molecule has 2 amide bonds. The van der Waals surface area contributed by atoms with Crippen molar-refractivity contribution in [1.29, 1.82) is 0 Å². The maximum absolute atomic E-state index is 12.8. The van der Waals surface area contributed by atoms with Crippen LogP contribution in [0.15, 0.2) is 71.4 Å². The number of para-hydroxylation sites is 1. The second-order valence-electron chi connectivity index (χ2n) is 7.99. The van der Waals surface area contributed by atoms with Crippen molar-refractivity contribution in [2.45, 2.75) is 6.92 Å². The van der Waals surface area contributed by atoms with E-state index in [0.717, 1.165) is 16.5 Å². The van der Waals surface area contributed by atoms with Crippen LogP contribution in [0.2, 0.25) is 0 Å². The molecule has 3 N–H and O–H groups in total. The van der Waals surface area contributed by atoms with Crippen molar-refractivity contribution < 1.29 is 28.2 Å². The number of hydrogen-bond donors (Lipinski definition) is 2. The molecule has 0 aliphatic rings. The molecule has 1 heterocycles. The summed E-state index contributed by atoms with van der Waals surface area (Å²) in [7, 11) is 4.75. The predicted molar refractivity (Wildman–Crippen MR) is 139 cm³/mol. The van der Waals surface area contributed by atoms with E-state index in [1.807, 2.05) is 24.3 Å². The zero-order valence-corrected chi connectivity index (χ0v) is 20.4. The van der Waals surface area contributed by atoms with Gasteiger partial charge in [0, 0.05) is 34.2 Å². The minimum absolute atomic E-state index is 0.228. The molecule has 0 fully saturated rings. The van der Waals surface area contributed by atoms with Crippen LogP contribution in [-0.2, 0) is 4.79 Å². The average Bonchev–Trinajstić information content (AvgIpc) is 3.30. The molecule has 0 aliphatic carbocycles. The fourth-order valence-corrected chi connectivity index (χ4v) is 4.02. The van der Waals surface area contributed by atoms with Crippen LogP contribution in [0.5, 0.6) is 17.2 Å². The normalized spacial score (nSPS) is 11.3. The number of hydrogen-bond acceptors (Lipinski definition) is 6. The van der Waals surface area contributed by atoms with Gasteiger partial charge in [-0.2, -0.15) is 0 Å². The Morgan fingerprint density at radius 2 is 1.64 bits per heavy atom. The van der Waals surface area contributed by atoms with Crippen molar-refractivity contribution in [3.05, 3.63) is 78.1 Å². The van der Waals surface area contributed by atoms with E-state index in [2.05, 4.69) is 5.32 Å². The Kier molecular flexibility index (Phi) is 6.96. The number of amides is 2. The zero-order valence-electron chi connectivity index (χ0n) is 20.4. The number of primary amides is 1. The molecule has 4 rings (SSSR count). The molecule has 8 nitrogen and oxygen atoms in total. The molecule has 0 atom stereocenters. The van der Waals surface area contributed by atoms with Gasteiger partial charge in [-0.1, -0.05) is 12.1 Å². The summed E-state index contributed by atoms with van der Waals surface area (Å²) in [5, 5.41) is 3.53. The van der Waals surface area contributed by atoms with Crippen LogP contribution in [-0.4, -0.2) is 33.1 Å². The second kappa shape index (κ2) is 10.3. The van der Waals surface area contributed by atoms with Gasteiger partial charge in [-0.15, -0.1) is 0 Å². The van der Waals surface area contributed by atoms with Gasteiger partial charge >= 0.3 is 0 Å². The Morgan fingerprint density at radius 1 is 0.889 bits per heavy atom. The largest absolute Gasteiger partial charge is 0.497 e. The standard InChI is InChI=1S/C28H26N2O6/c1-16(11-27(31)30-23-8-6-5-7-18(23)28(29)32)19-13-21-22(15-36-26(21)14-25(19)35-4)20-12-17(33-2)9-10-24(20)34-3/h5-15H,1-4H3,(H2,29,32)(H,30,31)/b16-11+. The number of carbonyl (C=O) groups excluding carboxylic acids is 2. The SMILES string of the molecule is COc1ccc(OC)c(-c2coc3cc(OC)c(/C(C)=C/C(=O)Nc4ccccc4C(N)=O)cc23)c1. The summed E-state index contributed by atoms with van der Waals surface area (Å²) in [6.07, 6.45) is 3.09. The van der Waals surface area contributed by atoms with Gasteiger partial charge in [0.15, 0.2) is 0 Å². The first-order chi connectivity index (χ1) is 17.4. The molecular weight excluding hydrogens is 460 g/mol. The first-order valence-electron chi connectivity index (χ1n) is 11.1. The molecule has 184 valence electrons. The van der Waals surface area contributed by atoms with E-state index in [1.54, 1.807) is 64.8 Å². The Labute approximate surface area is 208 Å². The predicted octanol–water partition coefficient (Wildman–Crippen LogP) is 5.27. The van der Waals surface area contributed by atoms with Gasteiger partial charge in [-0.25, -0.2) is 0 Å². The second-order valence-corrected chi connectivity index (χ2v) is 7.99. The lowest BCUT2D eigenvalue weighted by Gasteiger charge is -2.12. The smallest absolute Gasteiger partial charge is 0.250 e. The molecule has 0 bridgehead atoms. The Bertz CT molecular complexity index is 1480. The third kappa shape index (κ3) is 4.74. The number of carbonyl (C=O) groups is 2. The lowest BCUT2D eigenvalue weighted by molar-refractivity contribution is -0.111. The van der Waals surface area contributed by atoms with Crippen molar-refractivity contribution >= 4 is 34.0 Å². The summed E-state index contributed by atoms with van der Waals surface area (Å²) in [6.45, 7) is 1.80. The minimum Gasteiger partial charge on any atom is -0.497 e. The van der Waals surface area contributed by atoms with E-state index in [0.29, 0.717) is 39.7 Å². The number of nitrogens with two attached hydrogens (primary N) is 1. The van der Waals surface area contributed by atoms with Gasteiger partial charge < -0.3 is 29.7 Å². The van der Waals surface area contributed by atoms with Crippen molar-refractivity contribution in [1.82, 2.24) is 0 Å². The van der Waals surface area contributed by atoms with Crippen LogP contribution in [0.4, 0.5) is 5.69 Å². The van der Waals surface area contributed by atoms with E-state index in [4.69, 9.17) is 24.4 Å². The van der Waals surface area contributed by atoms with Crippen molar-refractivity contribution in [3.8, 4) is 28.4 Å². The van der Waals surface area contributed by atoms with Crippen LogP contribution >= 0.6 is 0 Å². The van der Waals surface area contributed by atoms with Crippen LogP contribution in [0.25, 0.3) is 27.7 Å². The van der Waals surface area contributed by atoms with Crippen molar-refractivity contribution in [3.63, 3.8) is 0 Å². The third-order valence-electron chi connectivity index (χ3n) is 5.82. The maximum atomic E-state index is 12.8. The van der Waals surface area contributed by atoms with Gasteiger partial charge in [0.2, 0.25) is 5.91 Å². The Morgan fingerprint density at radius 3 is 2.33 bits per heavy atom. The molecule has 8 heteroatoms. The molecular formula is C28H26N2O6. The van der Waals surface area contributed by atoms with E-state index >= 15 is 0 Å². The summed E-state index contributed by atoms with van der Waals surface area (Å²) in [6, 6.07) is 15.8. The monoisotopic (exact) mass is 486 g/mol. The number of furan rings is 1.